The van der Waals surface area contributed by atoms with Crippen molar-refractivity contribution in [2.24, 2.45) is 5.73 Å². The van der Waals surface area contributed by atoms with Gasteiger partial charge in [-0.05, 0) is 38.9 Å². The second-order valence-corrected chi connectivity index (χ2v) is 4.50. The molecule has 0 unspecified atom stereocenters. The average molecular weight is 243 g/mol. The molecule has 1 fully saturated rings. The third-order valence-electron chi connectivity index (χ3n) is 3.14. The molecule has 1 aliphatic heterocycles. The topological polar surface area (TPSA) is 58.8 Å². The predicted octanol–water partition coefficient (Wildman–Crippen LogP) is -0.0940. The van der Waals surface area contributed by atoms with Crippen molar-refractivity contribution in [3.63, 3.8) is 0 Å². The average Bonchev–Trinajstić information content (AvgIpc) is 2.55. The number of hydrogen-bond donors (Lipinski definition) is 1. The second-order valence-electron chi connectivity index (χ2n) is 4.50. The lowest BCUT2D eigenvalue weighted by molar-refractivity contribution is -0.135. The van der Waals surface area contributed by atoms with Crippen LogP contribution in [0.3, 0.4) is 0 Å². The van der Waals surface area contributed by atoms with Gasteiger partial charge in [-0.15, -0.1) is 0 Å². The Morgan fingerprint density at radius 1 is 1.24 bits per heavy atom. The van der Waals surface area contributed by atoms with Crippen LogP contribution < -0.4 is 5.73 Å². The Kier molecular flexibility index (Phi) is 7.16. The van der Waals surface area contributed by atoms with Crippen LogP contribution in [0.5, 0.6) is 0 Å². The first kappa shape index (κ1) is 14.4. The molecule has 17 heavy (non-hydrogen) atoms. The minimum Gasteiger partial charge on any atom is -0.375 e. The molecule has 5 heteroatoms. The van der Waals surface area contributed by atoms with E-state index in [0.29, 0.717) is 0 Å². The highest BCUT2D eigenvalue weighted by Crippen LogP contribution is 2.05. The van der Waals surface area contributed by atoms with Gasteiger partial charge in [-0.1, -0.05) is 0 Å². The largest absolute Gasteiger partial charge is 0.375 e. The fourth-order valence-electron chi connectivity index (χ4n) is 2.14. The van der Waals surface area contributed by atoms with E-state index in [2.05, 4.69) is 4.90 Å². The van der Waals surface area contributed by atoms with Crippen LogP contribution in [0.15, 0.2) is 0 Å². The quantitative estimate of drug-likeness (QED) is 0.662. The maximum absolute atomic E-state index is 11.7. The highest BCUT2D eigenvalue weighted by molar-refractivity contribution is 5.77. The first-order valence-electron chi connectivity index (χ1n) is 6.47. The summed E-state index contributed by atoms with van der Waals surface area (Å²) in [5.41, 5.74) is 5.48. The predicted molar refractivity (Wildman–Crippen MR) is 67.8 cm³/mol. The molecule has 1 rings (SSSR count). The summed E-state index contributed by atoms with van der Waals surface area (Å²) in [6.07, 6.45) is 3.30. The van der Waals surface area contributed by atoms with Crippen LogP contribution in [0.2, 0.25) is 0 Å². The molecule has 100 valence electrons. The zero-order chi connectivity index (χ0) is 12.5. The van der Waals surface area contributed by atoms with E-state index in [1.165, 1.54) is 0 Å². The van der Waals surface area contributed by atoms with Gasteiger partial charge in [0.2, 0.25) is 5.91 Å². The first-order valence-corrected chi connectivity index (χ1v) is 6.47. The van der Waals surface area contributed by atoms with Gasteiger partial charge in [-0.25, -0.2) is 0 Å². The number of methoxy groups -OCH3 is 1. The monoisotopic (exact) mass is 243 g/mol. The lowest BCUT2D eigenvalue weighted by Crippen LogP contribution is -2.37. The van der Waals surface area contributed by atoms with Crippen LogP contribution in [-0.2, 0) is 9.53 Å². The molecule has 1 heterocycles. The van der Waals surface area contributed by atoms with Gasteiger partial charge in [0.1, 0.15) is 6.61 Å². The second kappa shape index (κ2) is 8.44. The molecule has 0 aliphatic carbocycles. The van der Waals surface area contributed by atoms with Crippen molar-refractivity contribution in [1.82, 2.24) is 9.80 Å². The normalized spacial score (nSPS) is 18.1. The van der Waals surface area contributed by atoms with E-state index >= 15 is 0 Å². The van der Waals surface area contributed by atoms with Gasteiger partial charge in [0.15, 0.2) is 0 Å². The van der Waals surface area contributed by atoms with E-state index in [4.69, 9.17) is 10.5 Å². The van der Waals surface area contributed by atoms with Crippen molar-refractivity contribution in [2.75, 3.05) is 53.0 Å². The summed E-state index contributed by atoms with van der Waals surface area (Å²) in [5, 5.41) is 0. The van der Waals surface area contributed by atoms with Crippen molar-refractivity contribution in [3.05, 3.63) is 0 Å². The first-order chi connectivity index (χ1) is 8.27. The Morgan fingerprint density at radius 2 is 2.06 bits per heavy atom. The molecular formula is C12H25N3O2. The van der Waals surface area contributed by atoms with Gasteiger partial charge in [0.05, 0.1) is 0 Å². The molecule has 0 aromatic rings. The molecule has 0 aromatic heterocycles. The maximum atomic E-state index is 11.7. The Labute approximate surface area is 104 Å². The van der Waals surface area contributed by atoms with Crippen LogP contribution in [0.4, 0.5) is 0 Å². The van der Waals surface area contributed by atoms with Crippen LogP contribution in [0, 0.1) is 0 Å². The van der Waals surface area contributed by atoms with E-state index < -0.39 is 0 Å². The molecule has 1 amide bonds. The van der Waals surface area contributed by atoms with Gasteiger partial charge in [-0.2, -0.15) is 0 Å². The lowest BCUT2D eigenvalue weighted by atomic mass is 10.3. The Balaban J connectivity index is 2.26. The smallest absolute Gasteiger partial charge is 0.248 e. The summed E-state index contributed by atoms with van der Waals surface area (Å²) in [7, 11) is 1.56. The summed E-state index contributed by atoms with van der Waals surface area (Å²) >= 11 is 0. The minimum atomic E-state index is 0.108. The fourth-order valence-corrected chi connectivity index (χ4v) is 2.14. The van der Waals surface area contributed by atoms with Gasteiger partial charge in [-0.3, -0.25) is 4.79 Å². The summed E-state index contributed by atoms with van der Waals surface area (Å²) in [6.45, 7) is 5.81. The summed E-state index contributed by atoms with van der Waals surface area (Å²) in [4.78, 5) is 16.0. The molecule has 0 atom stereocenters. The molecule has 0 aromatic carbocycles. The lowest BCUT2D eigenvalue weighted by Gasteiger charge is -2.21. The van der Waals surface area contributed by atoms with Crippen molar-refractivity contribution in [2.45, 2.75) is 19.3 Å². The number of unbranched alkanes of at least 4 members (excludes halogenated alkanes) is 1. The Hall–Kier alpha value is -0.650. The van der Waals surface area contributed by atoms with Crippen LogP contribution >= 0.6 is 0 Å². The van der Waals surface area contributed by atoms with Crippen LogP contribution in [0.25, 0.3) is 0 Å². The van der Waals surface area contributed by atoms with Crippen molar-refractivity contribution < 1.29 is 9.53 Å². The molecule has 1 aliphatic rings. The van der Waals surface area contributed by atoms with E-state index in [1.54, 1.807) is 7.11 Å². The third-order valence-corrected chi connectivity index (χ3v) is 3.14. The maximum Gasteiger partial charge on any atom is 0.248 e. The molecule has 5 nitrogen and oxygen atoms in total. The van der Waals surface area contributed by atoms with Crippen molar-refractivity contribution >= 4 is 5.91 Å². The molecule has 0 radical (unpaired) electrons. The molecular weight excluding hydrogens is 218 g/mol. The Morgan fingerprint density at radius 3 is 2.76 bits per heavy atom. The van der Waals surface area contributed by atoms with Gasteiger partial charge < -0.3 is 20.3 Å². The van der Waals surface area contributed by atoms with Crippen LogP contribution in [0.1, 0.15) is 19.3 Å². The molecule has 2 N–H and O–H groups in total. The van der Waals surface area contributed by atoms with Gasteiger partial charge >= 0.3 is 0 Å². The van der Waals surface area contributed by atoms with Gasteiger partial charge in [0, 0.05) is 26.7 Å². The molecule has 0 bridgehead atoms. The third kappa shape index (κ3) is 5.48. The highest BCUT2D eigenvalue weighted by Gasteiger charge is 2.18. The number of nitrogens with zero attached hydrogens (tertiary/aromatic N) is 2. The zero-order valence-electron chi connectivity index (χ0n) is 10.9. The number of carbonyl (C=O) groups excluding carboxylic acids is 1. The van der Waals surface area contributed by atoms with Crippen molar-refractivity contribution in [3.8, 4) is 0 Å². The number of nitrogens with two attached hydrogens (primary N) is 1. The van der Waals surface area contributed by atoms with E-state index in [1.807, 2.05) is 4.90 Å². The number of ether oxygens (including phenoxy) is 1. The number of amides is 1. The van der Waals surface area contributed by atoms with E-state index in [-0.39, 0.29) is 12.5 Å². The van der Waals surface area contributed by atoms with Crippen molar-refractivity contribution in [1.29, 1.82) is 0 Å². The minimum absolute atomic E-state index is 0.108. The number of rotatable bonds is 6. The standard InChI is InChI=1S/C12H25N3O2/c1-17-11-12(16)15-8-4-7-14(9-10-15)6-3-2-5-13/h2-11,13H2,1H3. The van der Waals surface area contributed by atoms with Crippen LogP contribution in [-0.4, -0.2) is 68.7 Å². The zero-order valence-corrected chi connectivity index (χ0v) is 10.9. The Bertz CT molecular complexity index is 224. The molecule has 0 spiro atoms. The molecule has 1 saturated heterocycles. The van der Waals surface area contributed by atoms with Gasteiger partial charge in [0.25, 0.3) is 0 Å². The summed E-state index contributed by atoms with van der Waals surface area (Å²) in [6, 6.07) is 0. The summed E-state index contributed by atoms with van der Waals surface area (Å²) < 4.78 is 4.89. The van der Waals surface area contributed by atoms with E-state index in [0.717, 1.165) is 58.5 Å². The number of hydrogen-bond acceptors (Lipinski definition) is 4. The number of carbonyl (C=O) groups is 1. The summed E-state index contributed by atoms with van der Waals surface area (Å²) in [5.74, 6) is 0.108. The fraction of sp³-hybridized carbons (Fsp3) is 0.917. The highest BCUT2D eigenvalue weighted by atomic mass is 16.5. The SMILES string of the molecule is COCC(=O)N1CCCN(CCCCN)CC1. The molecule has 0 saturated carbocycles. The van der Waals surface area contributed by atoms with E-state index in [9.17, 15) is 4.79 Å².